The van der Waals surface area contributed by atoms with Crippen LogP contribution in [0.2, 0.25) is 0 Å². The number of carbonyl (C=O) groups is 1. The van der Waals surface area contributed by atoms with E-state index in [1.807, 2.05) is 42.5 Å². The zero-order valence-electron chi connectivity index (χ0n) is 14.1. The maximum Gasteiger partial charge on any atom is 0.228 e. The quantitative estimate of drug-likeness (QED) is 0.897. The lowest BCUT2D eigenvalue weighted by Crippen LogP contribution is -2.25. The summed E-state index contributed by atoms with van der Waals surface area (Å²) in [5.74, 6) is 1.50. The molecule has 1 aliphatic rings. The molecule has 126 valence electrons. The van der Waals surface area contributed by atoms with E-state index in [0.29, 0.717) is 5.82 Å². The van der Waals surface area contributed by atoms with Gasteiger partial charge >= 0.3 is 0 Å². The Balaban J connectivity index is 1.67. The Morgan fingerprint density at radius 1 is 1.08 bits per heavy atom. The molecule has 0 spiro atoms. The molecule has 2 aromatic rings. The van der Waals surface area contributed by atoms with Crippen molar-refractivity contribution >= 4 is 23.2 Å². The average Bonchev–Trinajstić information content (AvgIpc) is 2.65. The minimum Gasteiger partial charge on any atom is -0.325 e. The van der Waals surface area contributed by atoms with Gasteiger partial charge in [0.25, 0.3) is 0 Å². The van der Waals surface area contributed by atoms with Gasteiger partial charge in [0.2, 0.25) is 5.91 Å². The summed E-state index contributed by atoms with van der Waals surface area (Å²) in [6, 6.07) is 13.8. The maximum atomic E-state index is 12.3. The van der Waals surface area contributed by atoms with Gasteiger partial charge in [0, 0.05) is 18.2 Å². The van der Waals surface area contributed by atoms with Gasteiger partial charge in [-0.2, -0.15) is 0 Å². The van der Waals surface area contributed by atoms with Crippen molar-refractivity contribution < 1.29 is 4.79 Å². The number of benzene rings is 1. The van der Waals surface area contributed by atoms with Crippen molar-refractivity contribution in [3.05, 3.63) is 42.5 Å². The largest absolute Gasteiger partial charge is 0.325 e. The van der Waals surface area contributed by atoms with Crippen LogP contribution >= 0.6 is 0 Å². The Labute approximate surface area is 143 Å². The molecule has 1 saturated carbocycles. The summed E-state index contributed by atoms with van der Waals surface area (Å²) in [6.45, 7) is 2.87. The van der Waals surface area contributed by atoms with Crippen molar-refractivity contribution in [2.75, 3.05) is 16.8 Å². The number of rotatable bonds is 5. The van der Waals surface area contributed by atoms with Gasteiger partial charge in [0.15, 0.2) is 11.6 Å². The number of hydrogen-bond donors (Lipinski definition) is 1. The van der Waals surface area contributed by atoms with Crippen LogP contribution in [0, 0.1) is 5.92 Å². The minimum atomic E-state index is 0.0761. The maximum absolute atomic E-state index is 12.3. The molecule has 0 atom stereocenters. The predicted octanol–water partition coefficient (Wildman–Crippen LogP) is 4.15. The fraction of sp³-hybridized carbons (Fsp3) is 0.421. The second kappa shape index (κ2) is 7.90. The molecule has 0 unspecified atom stereocenters. The van der Waals surface area contributed by atoms with E-state index in [-0.39, 0.29) is 11.8 Å². The fourth-order valence-corrected chi connectivity index (χ4v) is 3.21. The summed E-state index contributed by atoms with van der Waals surface area (Å²) in [4.78, 5) is 14.4. The van der Waals surface area contributed by atoms with Gasteiger partial charge in [0.1, 0.15) is 0 Å². The predicted molar refractivity (Wildman–Crippen MR) is 96.4 cm³/mol. The van der Waals surface area contributed by atoms with Gasteiger partial charge in [-0.05, 0) is 44.0 Å². The van der Waals surface area contributed by atoms with E-state index in [2.05, 4.69) is 27.3 Å². The van der Waals surface area contributed by atoms with Crippen LogP contribution in [0.3, 0.4) is 0 Å². The highest BCUT2D eigenvalue weighted by Gasteiger charge is 2.21. The van der Waals surface area contributed by atoms with Gasteiger partial charge < -0.3 is 10.2 Å². The molecule has 1 aromatic heterocycles. The van der Waals surface area contributed by atoms with Crippen LogP contribution in [0.4, 0.5) is 17.3 Å². The van der Waals surface area contributed by atoms with Crippen molar-refractivity contribution in [1.82, 2.24) is 10.2 Å². The van der Waals surface area contributed by atoms with Crippen LogP contribution in [0.25, 0.3) is 0 Å². The summed E-state index contributed by atoms with van der Waals surface area (Å²) in [7, 11) is 0. The fourth-order valence-electron chi connectivity index (χ4n) is 3.21. The molecule has 5 nitrogen and oxygen atoms in total. The first kappa shape index (κ1) is 16.4. The topological polar surface area (TPSA) is 58.1 Å². The zero-order valence-corrected chi connectivity index (χ0v) is 14.1. The number of nitrogens with zero attached hydrogens (tertiary/aromatic N) is 3. The second-order valence-corrected chi connectivity index (χ2v) is 6.18. The highest BCUT2D eigenvalue weighted by molar-refractivity contribution is 5.91. The van der Waals surface area contributed by atoms with Gasteiger partial charge in [-0.25, -0.2) is 0 Å². The molecule has 5 heteroatoms. The first-order valence-corrected chi connectivity index (χ1v) is 8.75. The third kappa shape index (κ3) is 3.91. The van der Waals surface area contributed by atoms with Crippen LogP contribution in [-0.2, 0) is 4.79 Å². The molecule has 1 amide bonds. The molecule has 0 radical (unpaired) electrons. The van der Waals surface area contributed by atoms with E-state index in [4.69, 9.17) is 0 Å². The molecule has 1 fully saturated rings. The molecule has 1 aliphatic carbocycles. The van der Waals surface area contributed by atoms with Crippen molar-refractivity contribution in [2.45, 2.75) is 39.0 Å². The first-order chi connectivity index (χ1) is 11.8. The molecular formula is C19H24N4O. The lowest BCUT2D eigenvalue weighted by Gasteiger charge is -2.22. The molecule has 3 rings (SSSR count). The number of hydrogen-bond acceptors (Lipinski definition) is 4. The molecule has 1 heterocycles. The highest BCUT2D eigenvalue weighted by Crippen LogP contribution is 2.25. The number of carbonyl (C=O) groups excluding carboxylic acids is 1. The van der Waals surface area contributed by atoms with E-state index >= 15 is 0 Å². The number of para-hydroxylation sites is 1. The Hall–Kier alpha value is -2.43. The molecular weight excluding hydrogens is 300 g/mol. The van der Waals surface area contributed by atoms with Gasteiger partial charge in [-0.15, -0.1) is 10.2 Å². The van der Waals surface area contributed by atoms with E-state index < -0.39 is 0 Å². The summed E-state index contributed by atoms with van der Waals surface area (Å²) in [6.07, 6.45) is 5.49. The van der Waals surface area contributed by atoms with Crippen molar-refractivity contribution in [2.24, 2.45) is 5.92 Å². The molecule has 0 bridgehead atoms. The van der Waals surface area contributed by atoms with E-state index in [9.17, 15) is 4.79 Å². The van der Waals surface area contributed by atoms with Gasteiger partial charge in [-0.3, -0.25) is 4.79 Å². The normalized spacial score (nSPS) is 15.0. The highest BCUT2D eigenvalue weighted by atomic mass is 16.1. The van der Waals surface area contributed by atoms with Crippen LogP contribution < -0.4 is 10.2 Å². The second-order valence-electron chi connectivity index (χ2n) is 6.18. The molecule has 0 aliphatic heterocycles. The standard InChI is InChI=1S/C19H24N4O/c1-2-23(16-11-7-4-8-12-16)18-14-13-17(21-22-18)20-19(24)15-9-5-3-6-10-15/h4,7-8,11-15H,2-3,5-6,9-10H2,1H3,(H,20,21,24). The van der Waals surface area contributed by atoms with Gasteiger partial charge in [0.05, 0.1) is 0 Å². The smallest absolute Gasteiger partial charge is 0.228 e. The van der Waals surface area contributed by atoms with Crippen molar-refractivity contribution in [1.29, 1.82) is 0 Å². The third-order valence-electron chi connectivity index (χ3n) is 4.54. The number of nitrogens with one attached hydrogen (secondary N) is 1. The Morgan fingerprint density at radius 2 is 1.83 bits per heavy atom. The van der Waals surface area contributed by atoms with Crippen LogP contribution in [0.1, 0.15) is 39.0 Å². The lowest BCUT2D eigenvalue weighted by molar-refractivity contribution is -0.120. The van der Waals surface area contributed by atoms with Crippen molar-refractivity contribution in [3.8, 4) is 0 Å². The van der Waals surface area contributed by atoms with Crippen LogP contribution in [0.5, 0.6) is 0 Å². The van der Waals surface area contributed by atoms with E-state index in [0.717, 1.165) is 43.7 Å². The molecule has 0 saturated heterocycles. The minimum absolute atomic E-state index is 0.0761. The average molecular weight is 324 g/mol. The monoisotopic (exact) mass is 324 g/mol. The number of amides is 1. The SMILES string of the molecule is CCN(c1ccccc1)c1ccc(NC(=O)C2CCCCC2)nn1. The van der Waals surface area contributed by atoms with Crippen LogP contribution in [0.15, 0.2) is 42.5 Å². The Morgan fingerprint density at radius 3 is 2.46 bits per heavy atom. The number of aromatic nitrogens is 2. The Bertz CT molecular complexity index is 651. The first-order valence-electron chi connectivity index (χ1n) is 8.75. The zero-order chi connectivity index (χ0) is 16.8. The summed E-state index contributed by atoms with van der Waals surface area (Å²) < 4.78 is 0. The van der Waals surface area contributed by atoms with E-state index in [1.54, 1.807) is 0 Å². The van der Waals surface area contributed by atoms with Crippen molar-refractivity contribution in [3.63, 3.8) is 0 Å². The molecule has 24 heavy (non-hydrogen) atoms. The third-order valence-corrected chi connectivity index (χ3v) is 4.54. The Kier molecular flexibility index (Phi) is 5.41. The number of anilines is 3. The molecule has 1 aromatic carbocycles. The van der Waals surface area contributed by atoms with Gasteiger partial charge in [-0.1, -0.05) is 37.5 Å². The van der Waals surface area contributed by atoms with E-state index in [1.165, 1.54) is 6.42 Å². The van der Waals surface area contributed by atoms with Crippen LogP contribution in [-0.4, -0.2) is 22.6 Å². The lowest BCUT2D eigenvalue weighted by atomic mass is 9.89. The summed E-state index contributed by atoms with van der Waals surface area (Å²) >= 11 is 0. The molecule has 1 N–H and O–H groups in total. The summed E-state index contributed by atoms with van der Waals surface area (Å²) in [5, 5.41) is 11.4. The summed E-state index contributed by atoms with van der Waals surface area (Å²) in [5.41, 5.74) is 1.08.